The van der Waals surface area contributed by atoms with Gasteiger partial charge >= 0.3 is 5.97 Å². The van der Waals surface area contributed by atoms with Crippen molar-refractivity contribution in [3.05, 3.63) is 59.2 Å². The Kier molecular flexibility index (Phi) is 5.58. The van der Waals surface area contributed by atoms with Crippen LogP contribution in [-0.2, 0) is 11.2 Å². The van der Waals surface area contributed by atoms with Crippen molar-refractivity contribution in [1.82, 2.24) is 0 Å². The van der Waals surface area contributed by atoms with Gasteiger partial charge in [-0.15, -0.1) is 0 Å². The molecule has 24 heavy (non-hydrogen) atoms. The molecule has 0 saturated carbocycles. The minimum absolute atomic E-state index is 0.103. The maximum absolute atomic E-state index is 12.3. The third-order valence-corrected chi connectivity index (χ3v) is 3.87. The zero-order valence-electron chi connectivity index (χ0n) is 14.0. The van der Waals surface area contributed by atoms with Crippen molar-refractivity contribution in [3.8, 4) is 5.75 Å². The van der Waals surface area contributed by atoms with Crippen molar-refractivity contribution in [3.63, 3.8) is 0 Å². The van der Waals surface area contributed by atoms with E-state index in [0.717, 1.165) is 11.3 Å². The van der Waals surface area contributed by atoms with Crippen LogP contribution in [0.15, 0.2) is 42.5 Å². The van der Waals surface area contributed by atoms with Crippen LogP contribution in [0.2, 0.25) is 0 Å². The normalized spacial score (nSPS) is 11.6. The van der Waals surface area contributed by atoms with E-state index in [-0.39, 0.29) is 17.4 Å². The Morgan fingerprint density at radius 1 is 1.17 bits per heavy atom. The highest BCUT2D eigenvalue weighted by atomic mass is 16.5. The van der Waals surface area contributed by atoms with Gasteiger partial charge in [-0.1, -0.05) is 19.1 Å². The molecule has 5 nitrogen and oxygen atoms in total. The number of anilines is 1. The highest BCUT2D eigenvalue weighted by molar-refractivity contribution is 5.94. The van der Waals surface area contributed by atoms with Crippen LogP contribution in [0.5, 0.6) is 5.75 Å². The van der Waals surface area contributed by atoms with Crippen molar-refractivity contribution in [1.29, 1.82) is 0 Å². The van der Waals surface area contributed by atoms with Crippen molar-refractivity contribution in [2.75, 3.05) is 12.4 Å². The summed E-state index contributed by atoms with van der Waals surface area (Å²) in [6, 6.07) is 12.4. The number of aromatic carboxylic acids is 1. The minimum atomic E-state index is -0.974. The second-order valence-electron chi connectivity index (χ2n) is 5.78. The zero-order valence-corrected chi connectivity index (χ0v) is 14.0. The molecule has 2 rings (SSSR count). The second-order valence-corrected chi connectivity index (χ2v) is 5.78. The maximum Gasteiger partial charge on any atom is 0.335 e. The zero-order chi connectivity index (χ0) is 17.7. The number of ether oxygens (including phenoxy) is 1. The van der Waals surface area contributed by atoms with E-state index in [0.29, 0.717) is 17.7 Å². The lowest BCUT2D eigenvalue weighted by Gasteiger charge is -2.13. The maximum atomic E-state index is 12.3. The molecule has 0 fully saturated rings. The SMILES string of the molecule is COc1ccc(CC(C)C(=O)Nc2ccc(C(=O)O)c(C)c2)cc1. The van der Waals surface area contributed by atoms with E-state index >= 15 is 0 Å². The first-order valence-corrected chi connectivity index (χ1v) is 7.68. The summed E-state index contributed by atoms with van der Waals surface area (Å²) in [4.78, 5) is 23.3. The molecule has 0 saturated heterocycles. The Hall–Kier alpha value is -2.82. The standard InChI is InChI=1S/C19H21NO4/c1-12-11-15(6-9-17(12)19(22)23)20-18(21)13(2)10-14-4-7-16(24-3)8-5-14/h4-9,11,13H,10H2,1-3H3,(H,20,21)(H,22,23). The van der Waals surface area contributed by atoms with Crippen LogP contribution in [0.25, 0.3) is 0 Å². The van der Waals surface area contributed by atoms with Gasteiger partial charge in [0.2, 0.25) is 5.91 Å². The van der Waals surface area contributed by atoms with Gasteiger partial charge in [-0.2, -0.15) is 0 Å². The second kappa shape index (κ2) is 7.64. The van der Waals surface area contributed by atoms with Gasteiger partial charge in [0.1, 0.15) is 5.75 Å². The number of benzene rings is 2. The van der Waals surface area contributed by atoms with E-state index in [4.69, 9.17) is 9.84 Å². The molecule has 1 atom stereocenters. The predicted octanol–water partition coefficient (Wildman–Crippen LogP) is 3.52. The van der Waals surface area contributed by atoms with E-state index in [2.05, 4.69) is 5.32 Å². The van der Waals surface area contributed by atoms with Crippen LogP contribution in [0.4, 0.5) is 5.69 Å². The first kappa shape index (κ1) is 17.5. The van der Waals surface area contributed by atoms with Gasteiger partial charge in [0.15, 0.2) is 0 Å². The number of carbonyl (C=O) groups excluding carboxylic acids is 1. The topological polar surface area (TPSA) is 75.6 Å². The highest BCUT2D eigenvalue weighted by Crippen LogP contribution is 2.18. The lowest BCUT2D eigenvalue weighted by molar-refractivity contribution is -0.119. The van der Waals surface area contributed by atoms with Gasteiger partial charge in [0.25, 0.3) is 0 Å². The molecular weight excluding hydrogens is 306 g/mol. The number of hydrogen-bond acceptors (Lipinski definition) is 3. The number of amides is 1. The Morgan fingerprint density at radius 2 is 1.83 bits per heavy atom. The van der Waals surface area contributed by atoms with E-state index in [1.807, 2.05) is 31.2 Å². The molecule has 0 aliphatic rings. The molecule has 1 amide bonds. The highest BCUT2D eigenvalue weighted by Gasteiger charge is 2.15. The summed E-state index contributed by atoms with van der Waals surface area (Å²) in [5.41, 5.74) is 2.50. The van der Waals surface area contributed by atoms with Gasteiger partial charge in [-0.3, -0.25) is 4.79 Å². The largest absolute Gasteiger partial charge is 0.497 e. The number of carbonyl (C=O) groups is 2. The summed E-state index contributed by atoms with van der Waals surface area (Å²) in [6.45, 7) is 3.57. The van der Waals surface area contributed by atoms with Crippen molar-refractivity contribution in [2.45, 2.75) is 20.3 Å². The average molecular weight is 327 g/mol. The van der Waals surface area contributed by atoms with Crippen molar-refractivity contribution >= 4 is 17.6 Å². The predicted molar refractivity (Wildman–Crippen MR) is 92.6 cm³/mol. The third-order valence-electron chi connectivity index (χ3n) is 3.87. The number of carboxylic acid groups (broad SMARTS) is 1. The molecule has 126 valence electrons. The molecule has 2 N–H and O–H groups in total. The lowest BCUT2D eigenvalue weighted by atomic mass is 10.00. The monoisotopic (exact) mass is 327 g/mol. The Balaban J connectivity index is 2.00. The van der Waals surface area contributed by atoms with Gasteiger partial charge in [0, 0.05) is 11.6 Å². The number of hydrogen-bond donors (Lipinski definition) is 2. The molecule has 0 radical (unpaired) electrons. The van der Waals surface area contributed by atoms with Gasteiger partial charge < -0.3 is 15.2 Å². The molecule has 0 aliphatic heterocycles. The number of nitrogens with one attached hydrogen (secondary N) is 1. The fraction of sp³-hybridized carbons (Fsp3) is 0.263. The van der Waals surface area contributed by atoms with Crippen molar-refractivity contribution in [2.24, 2.45) is 5.92 Å². The molecular formula is C19H21NO4. The summed E-state index contributed by atoms with van der Waals surface area (Å²) in [5, 5.41) is 11.9. The molecule has 0 aromatic heterocycles. The van der Waals surface area contributed by atoms with E-state index in [1.165, 1.54) is 6.07 Å². The molecule has 1 unspecified atom stereocenters. The molecule has 2 aromatic rings. The van der Waals surface area contributed by atoms with Crippen LogP contribution >= 0.6 is 0 Å². The third kappa shape index (κ3) is 4.35. The molecule has 0 bridgehead atoms. The fourth-order valence-electron chi connectivity index (χ4n) is 2.45. The van der Waals surface area contributed by atoms with E-state index in [9.17, 15) is 9.59 Å². The number of methoxy groups -OCH3 is 1. The molecule has 5 heteroatoms. The first-order valence-electron chi connectivity index (χ1n) is 7.68. The van der Waals surface area contributed by atoms with E-state index < -0.39 is 5.97 Å². The summed E-state index contributed by atoms with van der Waals surface area (Å²) in [5.74, 6) is -0.505. The summed E-state index contributed by atoms with van der Waals surface area (Å²) < 4.78 is 5.12. The molecule has 2 aromatic carbocycles. The van der Waals surface area contributed by atoms with Crippen LogP contribution < -0.4 is 10.1 Å². The van der Waals surface area contributed by atoms with Gasteiger partial charge in [-0.25, -0.2) is 4.79 Å². The molecule has 0 spiro atoms. The fourth-order valence-corrected chi connectivity index (χ4v) is 2.45. The lowest BCUT2D eigenvalue weighted by Crippen LogP contribution is -2.22. The van der Waals surface area contributed by atoms with Crippen LogP contribution in [-0.4, -0.2) is 24.1 Å². The van der Waals surface area contributed by atoms with Crippen LogP contribution in [0.3, 0.4) is 0 Å². The van der Waals surface area contributed by atoms with Gasteiger partial charge in [0.05, 0.1) is 12.7 Å². The summed E-state index contributed by atoms with van der Waals surface area (Å²) >= 11 is 0. The Morgan fingerprint density at radius 3 is 2.38 bits per heavy atom. The van der Waals surface area contributed by atoms with Crippen LogP contribution in [0.1, 0.15) is 28.4 Å². The van der Waals surface area contributed by atoms with E-state index in [1.54, 1.807) is 26.2 Å². The van der Waals surface area contributed by atoms with Gasteiger partial charge in [-0.05, 0) is 54.8 Å². The van der Waals surface area contributed by atoms with Crippen molar-refractivity contribution < 1.29 is 19.4 Å². The Bertz CT molecular complexity index is 738. The number of rotatable bonds is 6. The minimum Gasteiger partial charge on any atom is -0.497 e. The average Bonchev–Trinajstić information content (AvgIpc) is 2.55. The quantitative estimate of drug-likeness (QED) is 0.851. The molecule has 0 aliphatic carbocycles. The van der Waals surface area contributed by atoms with Crippen LogP contribution in [0, 0.1) is 12.8 Å². The Labute approximate surface area is 141 Å². The summed E-state index contributed by atoms with van der Waals surface area (Å²) in [6.07, 6.45) is 0.613. The number of carboxylic acids is 1. The summed E-state index contributed by atoms with van der Waals surface area (Å²) in [7, 11) is 1.61. The number of aryl methyl sites for hydroxylation is 1. The molecule has 0 heterocycles. The first-order chi connectivity index (χ1) is 11.4. The smallest absolute Gasteiger partial charge is 0.335 e.